The third-order valence-corrected chi connectivity index (χ3v) is 4.88. The number of carbonyl (C=O) groups is 2. The Labute approximate surface area is 118 Å². The number of benzene rings is 1. The first-order chi connectivity index (χ1) is 9.49. The molecule has 0 radical (unpaired) electrons. The average molecular weight is 272 g/mol. The molecule has 3 atom stereocenters. The number of nitrogen functional groups attached to an aromatic ring is 1. The van der Waals surface area contributed by atoms with Crippen LogP contribution in [0.1, 0.15) is 53.8 Å². The van der Waals surface area contributed by atoms with Gasteiger partial charge in [-0.15, -0.1) is 0 Å². The summed E-state index contributed by atoms with van der Waals surface area (Å²) in [6, 6.07) is 5.00. The van der Waals surface area contributed by atoms with Crippen LogP contribution in [0.25, 0.3) is 0 Å². The van der Waals surface area contributed by atoms with Crippen molar-refractivity contribution in [2.45, 2.75) is 39.2 Å². The van der Waals surface area contributed by atoms with Crippen LogP contribution >= 0.6 is 0 Å². The van der Waals surface area contributed by atoms with Gasteiger partial charge < -0.3 is 5.73 Å². The van der Waals surface area contributed by atoms with Gasteiger partial charge in [-0.2, -0.15) is 0 Å². The smallest absolute Gasteiger partial charge is 0.261 e. The molecular weight excluding hydrogens is 252 g/mol. The molecule has 1 aromatic carbocycles. The molecule has 1 aromatic rings. The first kappa shape index (κ1) is 13.2. The van der Waals surface area contributed by atoms with Gasteiger partial charge in [0.1, 0.15) is 0 Å². The second kappa shape index (κ2) is 4.62. The SMILES string of the molecule is CC1CCC(N2C(=O)c3ccc(N)cc3C2=O)CC1C. The second-order valence-electron chi connectivity index (χ2n) is 6.21. The van der Waals surface area contributed by atoms with Crippen molar-refractivity contribution in [1.29, 1.82) is 0 Å². The maximum atomic E-state index is 12.5. The molecule has 1 fully saturated rings. The summed E-state index contributed by atoms with van der Waals surface area (Å²) in [4.78, 5) is 26.4. The number of anilines is 1. The highest BCUT2D eigenvalue weighted by molar-refractivity contribution is 6.21. The first-order valence-electron chi connectivity index (χ1n) is 7.26. The third kappa shape index (κ3) is 1.90. The molecule has 3 rings (SSSR count). The predicted octanol–water partition coefficient (Wildman–Crippen LogP) is 2.69. The molecule has 3 unspecified atom stereocenters. The number of imide groups is 1. The van der Waals surface area contributed by atoms with E-state index < -0.39 is 0 Å². The summed E-state index contributed by atoms with van der Waals surface area (Å²) in [5.41, 5.74) is 7.20. The lowest BCUT2D eigenvalue weighted by atomic mass is 9.78. The Kier molecular flexibility index (Phi) is 3.04. The number of rotatable bonds is 1. The van der Waals surface area contributed by atoms with Crippen LogP contribution in [-0.2, 0) is 0 Å². The van der Waals surface area contributed by atoms with Gasteiger partial charge in [0, 0.05) is 11.7 Å². The fourth-order valence-electron chi connectivity index (χ4n) is 3.36. The molecule has 4 heteroatoms. The van der Waals surface area contributed by atoms with Crippen LogP contribution < -0.4 is 5.73 Å². The van der Waals surface area contributed by atoms with E-state index in [2.05, 4.69) is 13.8 Å². The van der Waals surface area contributed by atoms with E-state index in [1.165, 1.54) is 4.90 Å². The fraction of sp³-hybridized carbons (Fsp3) is 0.500. The van der Waals surface area contributed by atoms with Crippen molar-refractivity contribution < 1.29 is 9.59 Å². The van der Waals surface area contributed by atoms with Gasteiger partial charge >= 0.3 is 0 Å². The summed E-state index contributed by atoms with van der Waals surface area (Å²) < 4.78 is 0. The zero-order valence-corrected chi connectivity index (χ0v) is 11.9. The number of carbonyl (C=O) groups excluding carboxylic acids is 2. The van der Waals surface area contributed by atoms with Crippen molar-refractivity contribution in [2.24, 2.45) is 11.8 Å². The van der Waals surface area contributed by atoms with Crippen molar-refractivity contribution in [3.05, 3.63) is 29.3 Å². The van der Waals surface area contributed by atoms with Gasteiger partial charge in [0.15, 0.2) is 0 Å². The number of fused-ring (bicyclic) bond motifs is 1. The Morgan fingerprint density at radius 2 is 1.75 bits per heavy atom. The minimum Gasteiger partial charge on any atom is -0.399 e. The molecule has 2 N–H and O–H groups in total. The summed E-state index contributed by atoms with van der Waals surface area (Å²) in [6.07, 6.45) is 2.88. The van der Waals surface area contributed by atoms with E-state index in [4.69, 9.17) is 5.73 Å². The molecule has 106 valence electrons. The molecular formula is C16H20N2O2. The Morgan fingerprint density at radius 3 is 2.45 bits per heavy atom. The Balaban J connectivity index is 1.90. The summed E-state index contributed by atoms with van der Waals surface area (Å²) in [5, 5.41) is 0. The highest BCUT2D eigenvalue weighted by Crippen LogP contribution is 2.36. The van der Waals surface area contributed by atoms with Crippen molar-refractivity contribution in [2.75, 3.05) is 5.73 Å². The lowest BCUT2D eigenvalue weighted by molar-refractivity contribution is 0.0495. The Morgan fingerprint density at radius 1 is 1.05 bits per heavy atom. The highest BCUT2D eigenvalue weighted by Gasteiger charge is 2.41. The molecule has 0 aromatic heterocycles. The van der Waals surface area contributed by atoms with E-state index in [9.17, 15) is 9.59 Å². The van der Waals surface area contributed by atoms with Gasteiger partial charge in [-0.25, -0.2) is 0 Å². The van der Waals surface area contributed by atoms with E-state index in [1.807, 2.05) is 0 Å². The molecule has 2 aliphatic rings. The van der Waals surface area contributed by atoms with E-state index >= 15 is 0 Å². The lowest BCUT2D eigenvalue weighted by Crippen LogP contribution is -2.43. The monoisotopic (exact) mass is 272 g/mol. The minimum atomic E-state index is -0.177. The molecule has 20 heavy (non-hydrogen) atoms. The number of hydrogen-bond donors (Lipinski definition) is 1. The molecule has 4 nitrogen and oxygen atoms in total. The van der Waals surface area contributed by atoms with Crippen molar-refractivity contribution in [1.82, 2.24) is 4.90 Å². The van der Waals surface area contributed by atoms with Gasteiger partial charge in [0.2, 0.25) is 0 Å². The van der Waals surface area contributed by atoms with Crippen LogP contribution in [0.4, 0.5) is 5.69 Å². The van der Waals surface area contributed by atoms with E-state index in [1.54, 1.807) is 18.2 Å². The molecule has 1 aliphatic heterocycles. The zero-order chi connectivity index (χ0) is 14.4. The highest BCUT2D eigenvalue weighted by atomic mass is 16.2. The first-order valence-corrected chi connectivity index (χ1v) is 7.26. The van der Waals surface area contributed by atoms with Crippen molar-refractivity contribution in [3.8, 4) is 0 Å². The van der Waals surface area contributed by atoms with Crippen molar-refractivity contribution >= 4 is 17.5 Å². The molecule has 2 amide bonds. The Hall–Kier alpha value is -1.84. The average Bonchev–Trinajstić information content (AvgIpc) is 2.65. The minimum absolute atomic E-state index is 0.0369. The number of hydrogen-bond acceptors (Lipinski definition) is 3. The van der Waals surface area contributed by atoms with Crippen LogP contribution in [0.5, 0.6) is 0 Å². The maximum absolute atomic E-state index is 12.5. The summed E-state index contributed by atoms with van der Waals surface area (Å²) in [5.74, 6) is 0.876. The second-order valence-corrected chi connectivity index (χ2v) is 6.21. The van der Waals surface area contributed by atoms with Gasteiger partial charge in [-0.1, -0.05) is 13.8 Å². The van der Waals surface area contributed by atoms with Gasteiger partial charge in [0.05, 0.1) is 11.1 Å². The summed E-state index contributed by atoms with van der Waals surface area (Å²) >= 11 is 0. The van der Waals surface area contributed by atoms with Gasteiger partial charge in [-0.05, 0) is 49.3 Å². The van der Waals surface area contributed by atoms with Crippen molar-refractivity contribution in [3.63, 3.8) is 0 Å². The standard InChI is InChI=1S/C16H20N2O2/c1-9-3-5-12(7-10(9)2)18-15(19)13-6-4-11(17)8-14(13)16(18)20/h4,6,8-10,12H,3,5,7,17H2,1-2H3. The van der Waals surface area contributed by atoms with Gasteiger partial charge in [-0.3, -0.25) is 14.5 Å². The molecule has 1 heterocycles. The number of nitrogens with zero attached hydrogens (tertiary/aromatic N) is 1. The van der Waals surface area contributed by atoms with Crippen LogP contribution in [0, 0.1) is 11.8 Å². The summed E-state index contributed by atoms with van der Waals surface area (Å²) in [6.45, 7) is 4.44. The fourth-order valence-corrected chi connectivity index (χ4v) is 3.36. The zero-order valence-electron chi connectivity index (χ0n) is 11.9. The van der Waals surface area contributed by atoms with E-state index in [0.29, 0.717) is 28.7 Å². The van der Waals surface area contributed by atoms with Gasteiger partial charge in [0.25, 0.3) is 11.8 Å². The van der Waals surface area contributed by atoms with Crippen LogP contribution in [0.15, 0.2) is 18.2 Å². The normalized spacial score (nSPS) is 29.7. The van der Waals surface area contributed by atoms with E-state index in [0.717, 1.165) is 19.3 Å². The quantitative estimate of drug-likeness (QED) is 0.631. The topological polar surface area (TPSA) is 63.4 Å². The van der Waals surface area contributed by atoms with E-state index in [-0.39, 0.29) is 17.9 Å². The van der Waals surface area contributed by atoms with Crippen LogP contribution in [-0.4, -0.2) is 22.8 Å². The number of nitrogens with two attached hydrogens (primary N) is 1. The molecule has 1 aliphatic carbocycles. The number of amides is 2. The van der Waals surface area contributed by atoms with Crippen LogP contribution in [0.3, 0.4) is 0 Å². The largest absolute Gasteiger partial charge is 0.399 e. The van der Waals surface area contributed by atoms with Crippen LogP contribution in [0.2, 0.25) is 0 Å². The Bertz CT molecular complexity index is 582. The predicted molar refractivity (Wildman–Crippen MR) is 77.3 cm³/mol. The maximum Gasteiger partial charge on any atom is 0.261 e. The third-order valence-electron chi connectivity index (χ3n) is 4.88. The summed E-state index contributed by atoms with van der Waals surface area (Å²) in [7, 11) is 0. The molecule has 1 saturated carbocycles. The molecule has 0 bridgehead atoms. The lowest BCUT2D eigenvalue weighted by Gasteiger charge is -2.36. The molecule has 0 saturated heterocycles. The molecule has 0 spiro atoms.